The van der Waals surface area contributed by atoms with E-state index >= 15 is 0 Å². The molecule has 2 aromatic heterocycles. The molecule has 0 radical (unpaired) electrons. The summed E-state index contributed by atoms with van der Waals surface area (Å²) < 4.78 is 14.6. The van der Waals surface area contributed by atoms with E-state index in [1.807, 2.05) is 31.2 Å². The van der Waals surface area contributed by atoms with Crippen LogP contribution < -0.4 is 5.43 Å². The molecular formula is C19H15FN4OS. The quantitative estimate of drug-likeness (QED) is 0.596. The van der Waals surface area contributed by atoms with Crippen LogP contribution in [0.2, 0.25) is 0 Å². The van der Waals surface area contributed by atoms with Gasteiger partial charge in [0.2, 0.25) is 0 Å². The third-order valence-corrected chi connectivity index (χ3v) is 5.15. The van der Waals surface area contributed by atoms with E-state index in [0.29, 0.717) is 17.0 Å². The van der Waals surface area contributed by atoms with Gasteiger partial charge in [0, 0.05) is 6.42 Å². The molecule has 0 bridgehead atoms. The minimum atomic E-state index is -0.267. The molecule has 1 amide bonds. The zero-order chi connectivity index (χ0) is 18.1. The highest BCUT2D eigenvalue weighted by molar-refractivity contribution is 7.13. The van der Waals surface area contributed by atoms with Crippen molar-refractivity contribution in [3.05, 3.63) is 81.8 Å². The highest BCUT2D eigenvalue weighted by atomic mass is 32.1. The van der Waals surface area contributed by atoms with Gasteiger partial charge in [-0.1, -0.05) is 24.3 Å². The number of rotatable bonds is 4. The van der Waals surface area contributed by atoms with Crippen LogP contribution in [0.4, 0.5) is 4.39 Å². The van der Waals surface area contributed by atoms with Crippen LogP contribution >= 0.6 is 11.3 Å². The van der Waals surface area contributed by atoms with Crippen molar-refractivity contribution in [3.8, 4) is 0 Å². The maximum Gasteiger partial charge on any atom is 0.282 e. The fraction of sp³-hybridized carbons (Fsp3) is 0.105. The van der Waals surface area contributed by atoms with E-state index in [-0.39, 0.29) is 11.7 Å². The number of halogens is 1. The molecule has 0 atom stereocenters. The van der Waals surface area contributed by atoms with Crippen LogP contribution in [0.25, 0.3) is 11.0 Å². The lowest BCUT2D eigenvalue weighted by Crippen LogP contribution is -2.21. The Balaban J connectivity index is 1.54. The number of aryl methyl sites for hydroxylation is 1. The van der Waals surface area contributed by atoms with E-state index in [2.05, 4.69) is 15.4 Å². The molecule has 0 aliphatic carbocycles. The smallest absolute Gasteiger partial charge is 0.266 e. The highest BCUT2D eigenvalue weighted by Crippen LogP contribution is 2.21. The molecule has 4 rings (SSSR count). The largest absolute Gasteiger partial charge is 0.282 e. The summed E-state index contributed by atoms with van der Waals surface area (Å²) in [5, 5.41) is 0.815. The number of thiazole rings is 1. The second kappa shape index (κ2) is 6.68. The number of imidazole rings is 1. The number of para-hydroxylation sites is 2. The van der Waals surface area contributed by atoms with Gasteiger partial charge in [-0.25, -0.2) is 19.0 Å². The average molecular weight is 366 g/mol. The summed E-state index contributed by atoms with van der Waals surface area (Å²) in [6.07, 6.45) is 2.14. The number of carbonyl (C=O) groups excluding carboxylic acids is 1. The van der Waals surface area contributed by atoms with Gasteiger partial charge in [0.05, 0.1) is 21.7 Å². The van der Waals surface area contributed by atoms with Crippen molar-refractivity contribution in [2.24, 2.45) is 0 Å². The van der Waals surface area contributed by atoms with Crippen LogP contribution in [0.3, 0.4) is 0 Å². The Morgan fingerprint density at radius 2 is 1.96 bits per heavy atom. The molecule has 1 N–H and O–H groups in total. The number of benzene rings is 2. The van der Waals surface area contributed by atoms with Crippen LogP contribution in [0.15, 0.2) is 54.9 Å². The molecule has 0 spiro atoms. The molecule has 0 aliphatic rings. The van der Waals surface area contributed by atoms with Crippen LogP contribution in [0.1, 0.15) is 25.9 Å². The first-order valence-corrected chi connectivity index (χ1v) is 8.86. The number of nitrogens with one attached hydrogen (secondary N) is 1. The molecule has 0 saturated carbocycles. The minimum absolute atomic E-state index is 0.228. The van der Waals surface area contributed by atoms with E-state index in [4.69, 9.17) is 0 Å². The maximum atomic E-state index is 13.0. The summed E-state index contributed by atoms with van der Waals surface area (Å²) in [5.74, 6) is -0.495. The Kier molecular flexibility index (Phi) is 4.22. The summed E-state index contributed by atoms with van der Waals surface area (Å²) in [5.41, 5.74) is 6.11. The molecule has 0 fully saturated rings. The van der Waals surface area contributed by atoms with E-state index in [1.165, 1.54) is 23.5 Å². The van der Waals surface area contributed by atoms with Crippen molar-refractivity contribution in [2.45, 2.75) is 13.3 Å². The van der Waals surface area contributed by atoms with Crippen molar-refractivity contribution in [1.82, 2.24) is 14.6 Å². The van der Waals surface area contributed by atoms with Crippen LogP contribution in [-0.4, -0.2) is 20.6 Å². The Bertz CT molecular complexity index is 1080. The van der Waals surface area contributed by atoms with Crippen molar-refractivity contribution in [2.75, 3.05) is 5.43 Å². The van der Waals surface area contributed by atoms with Gasteiger partial charge in [-0.15, -0.1) is 11.3 Å². The van der Waals surface area contributed by atoms with Gasteiger partial charge in [0.1, 0.15) is 17.0 Å². The second-order valence-electron chi connectivity index (χ2n) is 5.87. The van der Waals surface area contributed by atoms with E-state index < -0.39 is 0 Å². The molecule has 7 heteroatoms. The standard InChI is InChI=1S/C19H15FN4OS/c1-12-18(26-17(22-12)10-13-6-8-14(20)9-7-13)19(25)23-24-11-21-15-4-2-3-5-16(15)24/h2-9,11H,10H2,1H3,(H,23,25). The van der Waals surface area contributed by atoms with Crippen LogP contribution in [0, 0.1) is 12.7 Å². The molecule has 4 aromatic rings. The number of nitrogens with zero attached hydrogens (tertiary/aromatic N) is 3. The second-order valence-corrected chi connectivity index (χ2v) is 6.95. The van der Waals surface area contributed by atoms with Crippen molar-refractivity contribution in [3.63, 3.8) is 0 Å². The maximum absolute atomic E-state index is 13.0. The van der Waals surface area contributed by atoms with Crippen molar-refractivity contribution >= 4 is 28.3 Å². The van der Waals surface area contributed by atoms with E-state index in [0.717, 1.165) is 21.6 Å². The SMILES string of the molecule is Cc1nc(Cc2ccc(F)cc2)sc1C(=O)Nn1cnc2ccccc21. The van der Waals surface area contributed by atoms with Gasteiger partial charge in [0.25, 0.3) is 5.91 Å². The van der Waals surface area contributed by atoms with Crippen LogP contribution in [0.5, 0.6) is 0 Å². The van der Waals surface area contributed by atoms with Crippen molar-refractivity contribution < 1.29 is 9.18 Å². The number of hydrogen-bond donors (Lipinski definition) is 1. The third-order valence-electron chi connectivity index (χ3n) is 3.99. The first-order valence-electron chi connectivity index (χ1n) is 8.04. The molecule has 0 saturated heterocycles. The molecule has 0 aliphatic heterocycles. The van der Waals surface area contributed by atoms with E-state index in [1.54, 1.807) is 23.1 Å². The summed E-state index contributed by atoms with van der Waals surface area (Å²) >= 11 is 1.34. The topological polar surface area (TPSA) is 59.8 Å². The lowest BCUT2D eigenvalue weighted by molar-refractivity contribution is 0.101. The fourth-order valence-corrected chi connectivity index (χ4v) is 3.71. The Hall–Kier alpha value is -3.06. The predicted octanol–water partition coefficient (Wildman–Crippen LogP) is 3.92. The molecule has 26 heavy (non-hydrogen) atoms. The summed E-state index contributed by atoms with van der Waals surface area (Å²) in [6.45, 7) is 1.81. The monoisotopic (exact) mass is 366 g/mol. The van der Waals surface area contributed by atoms with Crippen molar-refractivity contribution in [1.29, 1.82) is 0 Å². The highest BCUT2D eigenvalue weighted by Gasteiger charge is 2.16. The Labute approximate surface area is 153 Å². The Morgan fingerprint density at radius 1 is 1.19 bits per heavy atom. The minimum Gasteiger partial charge on any atom is -0.266 e. The molecular weight excluding hydrogens is 351 g/mol. The average Bonchev–Trinajstić information content (AvgIpc) is 3.21. The molecule has 2 heterocycles. The lowest BCUT2D eigenvalue weighted by atomic mass is 10.1. The van der Waals surface area contributed by atoms with Crippen LogP contribution in [-0.2, 0) is 6.42 Å². The van der Waals surface area contributed by atoms with E-state index in [9.17, 15) is 9.18 Å². The van der Waals surface area contributed by atoms with Gasteiger partial charge < -0.3 is 0 Å². The number of fused-ring (bicyclic) bond motifs is 1. The molecule has 130 valence electrons. The number of carbonyl (C=O) groups is 1. The van der Waals surface area contributed by atoms with Gasteiger partial charge in [0.15, 0.2) is 0 Å². The van der Waals surface area contributed by atoms with Gasteiger partial charge >= 0.3 is 0 Å². The predicted molar refractivity (Wildman–Crippen MR) is 99.5 cm³/mol. The Morgan fingerprint density at radius 3 is 2.77 bits per heavy atom. The number of amides is 1. The summed E-state index contributed by atoms with van der Waals surface area (Å²) in [4.78, 5) is 21.9. The van der Waals surface area contributed by atoms with Gasteiger partial charge in [-0.3, -0.25) is 10.2 Å². The summed E-state index contributed by atoms with van der Waals surface area (Å²) in [7, 11) is 0. The zero-order valence-corrected chi connectivity index (χ0v) is 14.8. The normalized spacial score (nSPS) is 11.0. The molecule has 5 nitrogen and oxygen atoms in total. The first kappa shape index (κ1) is 16.4. The number of hydrogen-bond acceptors (Lipinski definition) is 4. The van der Waals surface area contributed by atoms with Gasteiger partial charge in [-0.05, 0) is 36.8 Å². The fourth-order valence-electron chi connectivity index (χ4n) is 2.72. The number of aromatic nitrogens is 3. The zero-order valence-electron chi connectivity index (χ0n) is 13.9. The molecule has 2 aromatic carbocycles. The first-order chi connectivity index (χ1) is 12.6. The van der Waals surface area contributed by atoms with Gasteiger partial charge in [-0.2, -0.15) is 0 Å². The summed E-state index contributed by atoms with van der Waals surface area (Å²) in [6, 6.07) is 13.9. The molecule has 0 unspecified atom stereocenters. The third kappa shape index (κ3) is 3.21. The lowest BCUT2D eigenvalue weighted by Gasteiger charge is -2.05.